The topological polar surface area (TPSA) is 82.1 Å². The molecule has 0 unspecified atom stereocenters. The molecule has 2 aliphatic rings. The zero-order chi connectivity index (χ0) is 24.6. The first-order chi connectivity index (χ1) is 15.4. The van der Waals surface area contributed by atoms with Crippen LogP contribution < -0.4 is 0 Å². The van der Waals surface area contributed by atoms with E-state index in [0.29, 0.717) is 11.3 Å². The van der Waals surface area contributed by atoms with Crippen LogP contribution in [0.2, 0.25) is 0 Å². The van der Waals surface area contributed by atoms with Gasteiger partial charge in [-0.2, -0.15) is 0 Å². The summed E-state index contributed by atoms with van der Waals surface area (Å²) in [4.78, 5) is 23.0. The van der Waals surface area contributed by atoms with Crippen LogP contribution in [0.4, 0.5) is 0 Å². The number of hydrogen-bond donors (Lipinski definition) is 1. The highest BCUT2D eigenvalue weighted by Crippen LogP contribution is 2.40. The third kappa shape index (κ3) is 4.80. The fraction of sp³-hybridized carbons (Fsp3) is 0.333. The molecule has 0 aliphatic carbocycles. The minimum absolute atomic E-state index is 0.283. The maximum atomic E-state index is 11.7. The summed E-state index contributed by atoms with van der Waals surface area (Å²) >= 11 is 0. The minimum atomic E-state index is -0.767. The minimum Gasteiger partial charge on any atom is -0.502 e. The number of cyclic esters (lactones) is 2. The molecule has 6 nitrogen and oxygen atoms in total. The van der Waals surface area contributed by atoms with E-state index >= 15 is 0 Å². The van der Waals surface area contributed by atoms with Gasteiger partial charge in [0.2, 0.25) is 11.5 Å². The largest absolute Gasteiger partial charge is 0.502 e. The molecule has 2 aromatic rings. The van der Waals surface area contributed by atoms with Crippen molar-refractivity contribution in [2.75, 3.05) is 7.11 Å². The molecule has 0 saturated carbocycles. The Morgan fingerprint density at radius 1 is 0.697 bits per heavy atom. The van der Waals surface area contributed by atoms with Gasteiger partial charge in [0.05, 0.1) is 18.3 Å². The van der Waals surface area contributed by atoms with Gasteiger partial charge in [0.25, 0.3) is 0 Å². The van der Waals surface area contributed by atoms with Crippen molar-refractivity contribution in [3.63, 3.8) is 0 Å². The van der Waals surface area contributed by atoms with Crippen molar-refractivity contribution in [1.82, 2.24) is 0 Å². The Kier molecular flexibility index (Phi) is 6.41. The zero-order valence-corrected chi connectivity index (χ0v) is 20.1. The maximum absolute atomic E-state index is 11.7. The number of aliphatic hydroxyl groups is 1. The molecule has 2 heterocycles. The van der Waals surface area contributed by atoms with E-state index in [-0.39, 0.29) is 5.76 Å². The molecule has 0 saturated heterocycles. The number of hydrogen-bond acceptors (Lipinski definition) is 6. The smallest absolute Gasteiger partial charge is 0.374 e. The summed E-state index contributed by atoms with van der Waals surface area (Å²) in [6, 6.07) is 15.6. The van der Waals surface area contributed by atoms with E-state index < -0.39 is 23.1 Å². The quantitative estimate of drug-likeness (QED) is 0.640. The van der Waals surface area contributed by atoms with Crippen LogP contribution in [0.3, 0.4) is 0 Å². The average Bonchev–Trinajstić information content (AvgIpc) is 3.09. The van der Waals surface area contributed by atoms with Crippen LogP contribution in [-0.2, 0) is 23.8 Å². The third-order valence-corrected chi connectivity index (χ3v) is 5.63. The molecule has 6 heteroatoms. The number of methoxy groups -OCH3 is 1. The van der Waals surface area contributed by atoms with Crippen LogP contribution in [0.5, 0.6) is 0 Å². The number of benzene rings is 2. The standard InChI is InChI=1S/C14H16O3.C13H14O3/c1-9-5-7-10(8-6-9)11-12(16-4)13(15)17-14(11,2)3;1-8-4-6-9(7-5-8)10-11(14)12(15)16-13(10,2)3/h5-8H,1-4H3;4-7,14H,1-3H3. The second-order valence-corrected chi connectivity index (χ2v) is 9.16. The normalized spacial score (nSPS) is 18.5. The van der Waals surface area contributed by atoms with Crippen molar-refractivity contribution in [2.45, 2.75) is 52.7 Å². The Balaban J connectivity index is 0.000000186. The predicted octanol–water partition coefficient (Wildman–Crippen LogP) is 5.29. The average molecular weight is 451 g/mol. The molecule has 0 fully saturated rings. The number of esters is 2. The molecule has 4 rings (SSSR count). The van der Waals surface area contributed by atoms with E-state index in [1.807, 2.05) is 76.2 Å². The van der Waals surface area contributed by atoms with Crippen LogP contribution in [-0.4, -0.2) is 35.4 Å². The van der Waals surface area contributed by atoms with E-state index in [2.05, 4.69) is 0 Å². The molecule has 0 spiro atoms. The van der Waals surface area contributed by atoms with Crippen molar-refractivity contribution < 1.29 is 28.9 Å². The van der Waals surface area contributed by atoms with E-state index in [1.54, 1.807) is 13.8 Å². The second kappa shape index (κ2) is 8.77. The highest BCUT2D eigenvalue weighted by molar-refractivity contribution is 6.02. The number of ether oxygens (including phenoxy) is 3. The molecule has 0 radical (unpaired) electrons. The van der Waals surface area contributed by atoms with Gasteiger partial charge in [-0.15, -0.1) is 0 Å². The lowest BCUT2D eigenvalue weighted by molar-refractivity contribution is -0.147. The summed E-state index contributed by atoms with van der Waals surface area (Å²) in [6.45, 7) is 11.3. The van der Waals surface area contributed by atoms with Gasteiger partial charge < -0.3 is 19.3 Å². The monoisotopic (exact) mass is 450 g/mol. The van der Waals surface area contributed by atoms with Gasteiger partial charge in [0, 0.05) is 0 Å². The lowest BCUT2D eigenvalue weighted by Gasteiger charge is -2.20. The first-order valence-electron chi connectivity index (χ1n) is 10.7. The van der Waals surface area contributed by atoms with Gasteiger partial charge in [0.15, 0.2) is 0 Å². The lowest BCUT2D eigenvalue weighted by Crippen LogP contribution is -2.22. The molecule has 174 valence electrons. The van der Waals surface area contributed by atoms with Crippen molar-refractivity contribution >= 4 is 23.1 Å². The van der Waals surface area contributed by atoms with Crippen molar-refractivity contribution in [3.05, 3.63) is 82.3 Å². The molecule has 33 heavy (non-hydrogen) atoms. The Labute approximate surface area is 194 Å². The summed E-state index contributed by atoms with van der Waals surface area (Å²) < 4.78 is 15.6. The molecular formula is C27H30O6. The number of carbonyl (C=O) groups excluding carboxylic acids is 2. The number of carbonyl (C=O) groups is 2. The first-order valence-corrected chi connectivity index (χ1v) is 10.7. The van der Waals surface area contributed by atoms with Gasteiger partial charge in [-0.25, -0.2) is 9.59 Å². The first kappa shape index (κ1) is 24.1. The maximum Gasteiger partial charge on any atom is 0.374 e. The second-order valence-electron chi connectivity index (χ2n) is 9.16. The van der Waals surface area contributed by atoms with Gasteiger partial charge in [-0.1, -0.05) is 59.7 Å². The SMILES string of the molecule is COC1=C(c2ccc(C)cc2)C(C)(C)OC1=O.Cc1ccc(C2=C(O)C(=O)OC2(C)C)cc1. The summed E-state index contributed by atoms with van der Waals surface area (Å²) in [5, 5.41) is 9.72. The molecule has 0 aromatic heterocycles. The number of aliphatic hydroxyl groups excluding tert-OH is 1. The van der Waals surface area contributed by atoms with Crippen LogP contribution in [0, 0.1) is 13.8 Å². The molecule has 0 atom stereocenters. The van der Waals surface area contributed by atoms with Crippen LogP contribution >= 0.6 is 0 Å². The van der Waals surface area contributed by atoms with E-state index in [9.17, 15) is 14.7 Å². The van der Waals surface area contributed by atoms with Gasteiger partial charge >= 0.3 is 11.9 Å². The number of rotatable bonds is 3. The Morgan fingerprint density at radius 2 is 1.09 bits per heavy atom. The molecule has 0 bridgehead atoms. The summed E-state index contributed by atoms with van der Waals surface area (Å²) in [5.74, 6) is -1.03. The number of aryl methyl sites for hydroxylation is 2. The summed E-state index contributed by atoms with van der Waals surface area (Å²) in [7, 11) is 1.49. The van der Waals surface area contributed by atoms with Crippen LogP contribution in [0.25, 0.3) is 11.1 Å². The highest BCUT2D eigenvalue weighted by Gasteiger charge is 2.42. The van der Waals surface area contributed by atoms with Crippen molar-refractivity contribution in [1.29, 1.82) is 0 Å². The van der Waals surface area contributed by atoms with E-state index in [4.69, 9.17) is 14.2 Å². The van der Waals surface area contributed by atoms with Gasteiger partial charge in [-0.3, -0.25) is 0 Å². The molecule has 2 aliphatic heterocycles. The zero-order valence-electron chi connectivity index (χ0n) is 20.1. The van der Waals surface area contributed by atoms with Crippen molar-refractivity contribution in [3.8, 4) is 0 Å². The van der Waals surface area contributed by atoms with Crippen LogP contribution in [0.15, 0.2) is 60.0 Å². The van der Waals surface area contributed by atoms with Gasteiger partial charge in [0.1, 0.15) is 11.2 Å². The Bertz CT molecular complexity index is 1130. The Morgan fingerprint density at radius 3 is 1.48 bits per heavy atom. The third-order valence-electron chi connectivity index (χ3n) is 5.63. The fourth-order valence-corrected chi connectivity index (χ4v) is 4.01. The predicted molar refractivity (Wildman–Crippen MR) is 126 cm³/mol. The molecular weight excluding hydrogens is 420 g/mol. The lowest BCUT2D eigenvalue weighted by atomic mass is 9.91. The van der Waals surface area contributed by atoms with Crippen molar-refractivity contribution in [2.24, 2.45) is 0 Å². The molecule has 0 amide bonds. The van der Waals surface area contributed by atoms with Crippen LogP contribution in [0.1, 0.15) is 49.9 Å². The highest BCUT2D eigenvalue weighted by atomic mass is 16.6. The van der Waals surface area contributed by atoms with E-state index in [1.165, 1.54) is 12.7 Å². The summed E-state index contributed by atoms with van der Waals surface area (Å²) in [5.41, 5.74) is 4.04. The van der Waals surface area contributed by atoms with Gasteiger partial charge in [-0.05, 0) is 52.7 Å². The van der Waals surface area contributed by atoms with E-state index in [0.717, 1.165) is 22.3 Å². The molecule has 1 N–H and O–H groups in total. The fourth-order valence-electron chi connectivity index (χ4n) is 4.01. The summed E-state index contributed by atoms with van der Waals surface area (Å²) in [6.07, 6.45) is 0. The molecule has 2 aromatic carbocycles. The Hall–Kier alpha value is -3.54.